The van der Waals surface area contributed by atoms with Gasteiger partial charge in [0.2, 0.25) is 5.88 Å². The van der Waals surface area contributed by atoms with Gasteiger partial charge in [-0.1, -0.05) is 19.1 Å². The van der Waals surface area contributed by atoms with Crippen LogP contribution in [0.5, 0.6) is 5.88 Å². The second-order valence-electron chi connectivity index (χ2n) is 14.1. The lowest BCUT2D eigenvalue weighted by Gasteiger charge is -2.32. The van der Waals surface area contributed by atoms with Gasteiger partial charge in [0.05, 0.1) is 60.1 Å². The van der Waals surface area contributed by atoms with E-state index in [1.165, 1.54) is 6.07 Å². The molecule has 50 heavy (non-hydrogen) atoms. The third kappa shape index (κ3) is 8.67. The van der Waals surface area contributed by atoms with Crippen molar-refractivity contribution in [3.63, 3.8) is 0 Å². The van der Waals surface area contributed by atoms with Gasteiger partial charge in [-0.25, -0.2) is 14.4 Å². The number of imidazole rings is 1. The summed E-state index contributed by atoms with van der Waals surface area (Å²) in [6, 6.07) is 17.8. The lowest BCUT2D eigenvalue weighted by Crippen LogP contribution is -2.47. The molecule has 0 spiro atoms. The van der Waals surface area contributed by atoms with Gasteiger partial charge in [0.25, 0.3) is 5.91 Å². The summed E-state index contributed by atoms with van der Waals surface area (Å²) >= 11 is 0. The van der Waals surface area contributed by atoms with Crippen LogP contribution in [0.25, 0.3) is 11.0 Å². The maximum Gasteiger partial charge on any atom is 0.251 e. The lowest BCUT2D eigenvalue weighted by molar-refractivity contribution is -0.0592. The summed E-state index contributed by atoms with van der Waals surface area (Å²) in [6.07, 6.45) is 4.08. The Hall–Kier alpha value is -4.37. The molecule has 2 aliphatic rings. The average molecular weight is 683 g/mol. The monoisotopic (exact) mass is 682 g/mol. The normalized spacial score (nSPS) is 17.6. The van der Waals surface area contributed by atoms with Gasteiger partial charge in [-0.15, -0.1) is 0 Å². The van der Waals surface area contributed by atoms with Crippen LogP contribution in [0.1, 0.15) is 92.3 Å². The fourth-order valence-corrected chi connectivity index (χ4v) is 6.37. The predicted octanol–water partition coefficient (Wildman–Crippen LogP) is 6.51. The molecule has 2 saturated heterocycles. The van der Waals surface area contributed by atoms with Gasteiger partial charge >= 0.3 is 0 Å². The Bertz CT molecular complexity index is 1840. The molecule has 0 aliphatic carbocycles. The molecule has 0 radical (unpaired) electrons. The number of nitrogens with zero attached hydrogens (tertiary/aromatic N) is 5. The molecule has 1 N–H and O–H groups in total. The smallest absolute Gasteiger partial charge is 0.251 e. The van der Waals surface area contributed by atoms with Crippen molar-refractivity contribution in [3.8, 4) is 11.9 Å². The van der Waals surface area contributed by atoms with Gasteiger partial charge in [-0.3, -0.25) is 9.69 Å². The highest BCUT2D eigenvalue weighted by atomic mass is 19.1. The van der Waals surface area contributed by atoms with Crippen LogP contribution in [-0.2, 0) is 29.2 Å². The molecule has 6 rings (SSSR count). The summed E-state index contributed by atoms with van der Waals surface area (Å²) in [6.45, 7) is 12.5. The Kier molecular flexibility index (Phi) is 11.1. The van der Waals surface area contributed by atoms with Crippen LogP contribution >= 0.6 is 0 Å². The number of ether oxygens (including phenoxy) is 3. The molecule has 4 aromatic rings. The van der Waals surface area contributed by atoms with E-state index in [2.05, 4.69) is 21.7 Å². The van der Waals surface area contributed by atoms with Gasteiger partial charge < -0.3 is 24.1 Å². The van der Waals surface area contributed by atoms with Crippen molar-refractivity contribution < 1.29 is 23.4 Å². The van der Waals surface area contributed by atoms with Crippen LogP contribution in [-0.4, -0.2) is 69.4 Å². The van der Waals surface area contributed by atoms with E-state index >= 15 is 0 Å². The minimum atomic E-state index is -0.512. The van der Waals surface area contributed by atoms with E-state index in [0.29, 0.717) is 36.7 Å². The lowest BCUT2D eigenvalue weighted by atomic mass is 9.93. The zero-order chi connectivity index (χ0) is 35.3. The number of hydrogen-bond donors (Lipinski definition) is 1. The van der Waals surface area contributed by atoms with Crippen LogP contribution < -0.4 is 10.1 Å². The molecule has 4 heterocycles. The van der Waals surface area contributed by atoms with Crippen molar-refractivity contribution in [2.45, 2.75) is 96.7 Å². The Morgan fingerprint density at radius 2 is 1.94 bits per heavy atom. The number of nitriles is 1. The Balaban J connectivity index is 1.10. The number of fused-ring (bicyclic) bond motifs is 1. The minimum Gasteiger partial charge on any atom is -0.473 e. The number of pyridine rings is 1. The fraction of sp³-hybridized carbons (Fsp3) is 0.487. The van der Waals surface area contributed by atoms with E-state index in [4.69, 9.17) is 29.4 Å². The van der Waals surface area contributed by atoms with Crippen molar-refractivity contribution in [2.24, 2.45) is 0 Å². The first-order valence-corrected chi connectivity index (χ1v) is 17.7. The van der Waals surface area contributed by atoms with Crippen LogP contribution in [0.3, 0.4) is 0 Å². The molecule has 2 unspecified atom stereocenters. The van der Waals surface area contributed by atoms with E-state index in [0.717, 1.165) is 67.9 Å². The van der Waals surface area contributed by atoms with Gasteiger partial charge in [-0.05, 0) is 95.9 Å². The second-order valence-corrected chi connectivity index (χ2v) is 14.1. The number of carbonyl (C=O) groups is 1. The molecule has 11 heteroatoms. The number of rotatable bonds is 14. The number of amides is 1. The number of nitrogens with one attached hydrogen (secondary N) is 1. The van der Waals surface area contributed by atoms with Gasteiger partial charge in [0.1, 0.15) is 18.2 Å². The van der Waals surface area contributed by atoms with Crippen LogP contribution in [0, 0.1) is 17.1 Å². The van der Waals surface area contributed by atoms with E-state index in [9.17, 15) is 9.18 Å². The quantitative estimate of drug-likeness (QED) is 0.160. The summed E-state index contributed by atoms with van der Waals surface area (Å²) in [4.78, 5) is 25.6. The van der Waals surface area contributed by atoms with E-state index in [-0.39, 0.29) is 36.2 Å². The summed E-state index contributed by atoms with van der Waals surface area (Å²) in [5, 5.41) is 12.1. The summed E-state index contributed by atoms with van der Waals surface area (Å²) in [5.74, 6) is 1.11. The van der Waals surface area contributed by atoms with Crippen molar-refractivity contribution in [3.05, 3.63) is 88.6 Å². The molecule has 2 aromatic heterocycles. The maximum atomic E-state index is 14.3. The summed E-state index contributed by atoms with van der Waals surface area (Å²) < 4.78 is 34.2. The van der Waals surface area contributed by atoms with Crippen LogP contribution in [0.15, 0.2) is 54.6 Å². The molecule has 264 valence electrons. The number of likely N-dealkylation sites (tertiary alicyclic amines) is 1. The highest BCUT2D eigenvalue weighted by molar-refractivity contribution is 5.97. The first-order valence-electron chi connectivity index (χ1n) is 17.7. The highest BCUT2D eigenvalue weighted by Crippen LogP contribution is 2.30. The van der Waals surface area contributed by atoms with E-state index in [1.54, 1.807) is 18.2 Å². The van der Waals surface area contributed by atoms with Gasteiger partial charge in [0, 0.05) is 35.4 Å². The van der Waals surface area contributed by atoms with Crippen molar-refractivity contribution >= 4 is 16.9 Å². The van der Waals surface area contributed by atoms with Crippen LogP contribution in [0.2, 0.25) is 0 Å². The van der Waals surface area contributed by atoms with Crippen molar-refractivity contribution in [1.29, 1.82) is 5.26 Å². The second kappa shape index (κ2) is 15.7. The average Bonchev–Trinajstić information content (AvgIpc) is 3.44. The highest BCUT2D eigenvalue weighted by Gasteiger charge is 2.27. The van der Waals surface area contributed by atoms with Gasteiger partial charge in [-0.2, -0.15) is 5.26 Å². The Morgan fingerprint density at radius 1 is 1.14 bits per heavy atom. The first-order chi connectivity index (χ1) is 24.1. The van der Waals surface area contributed by atoms with Gasteiger partial charge in [0.15, 0.2) is 0 Å². The molecule has 0 saturated carbocycles. The fourth-order valence-electron chi connectivity index (χ4n) is 6.37. The number of aromatic nitrogens is 3. The van der Waals surface area contributed by atoms with Crippen molar-refractivity contribution in [1.82, 2.24) is 24.8 Å². The molecular formula is C39H47FN6O4. The predicted molar refractivity (Wildman–Crippen MR) is 188 cm³/mol. The zero-order valence-electron chi connectivity index (χ0n) is 29.5. The van der Waals surface area contributed by atoms with E-state index < -0.39 is 11.4 Å². The number of halogens is 1. The molecule has 2 atom stereocenters. The molecule has 10 nitrogen and oxygen atoms in total. The molecule has 2 aliphatic heterocycles. The first kappa shape index (κ1) is 35.5. The molecule has 2 fully saturated rings. The molecule has 0 bridgehead atoms. The standard InChI is InChI=1S/C39H47FN6O4/c1-5-26(2)50-25-39(3,4)44-38(47)29-11-12-34-35(20-29)46(22-31-15-18-48-31)36(42-34)23-45-16-13-28(14-17-45)33-7-6-8-37(43-33)49-24-30-10-9-27(21-41)19-32(30)40/h6-12,19-20,26,28,31H,5,13-18,22-25H2,1-4H3,(H,44,47). The SMILES string of the molecule is CCC(C)OCC(C)(C)NC(=O)c1ccc2nc(CN3CCC(c4cccc(OCc5ccc(C#N)cc5F)n4)CC3)n(CC3CCO3)c2c1. The zero-order valence-corrected chi connectivity index (χ0v) is 29.5. The molecule has 1 amide bonds. The van der Waals surface area contributed by atoms with Crippen LogP contribution in [0.4, 0.5) is 4.39 Å². The maximum absolute atomic E-state index is 14.3. The van der Waals surface area contributed by atoms with Crippen molar-refractivity contribution in [2.75, 3.05) is 26.3 Å². The number of piperidine rings is 1. The number of carbonyl (C=O) groups excluding carboxylic acids is 1. The number of benzene rings is 2. The summed E-state index contributed by atoms with van der Waals surface area (Å²) in [7, 11) is 0. The third-order valence-electron chi connectivity index (χ3n) is 9.70. The van der Waals surface area contributed by atoms with E-state index in [1.807, 2.05) is 57.2 Å². The third-order valence-corrected chi connectivity index (χ3v) is 9.70. The molecular weight excluding hydrogens is 635 g/mol. The Morgan fingerprint density at radius 3 is 2.64 bits per heavy atom. The largest absolute Gasteiger partial charge is 0.473 e. The number of hydrogen-bond acceptors (Lipinski definition) is 8. The topological polar surface area (TPSA) is 115 Å². The molecule has 2 aromatic carbocycles. The minimum absolute atomic E-state index is 0.0385. The Labute approximate surface area is 293 Å². The summed E-state index contributed by atoms with van der Waals surface area (Å²) in [5.41, 5.74) is 3.52.